The molecule has 0 spiro atoms. The number of ether oxygens (including phenoxy) is 2. The lowest BCUT2D eigenvalue weighted by molar-refractivity contribution is -0.138. The normalized spacial score (nSPS) is 24.4. The van der Waals surface area contributed by atoms with Gasteiger partial charge in [-0.25, -0.2) is 0 Å². The Hall–Kier alpha value is -6.01. The van der Waals surface area contributed by atoms with Gasteiger partial charge in [0.2, 0.25) is 11.8 Å². The number of allylic oxidation sites excluding steroid dienone is 2. The summed E-state index contributed by atoms with van der Waals surface area (Å²) in [6.07, 6.45) is 2.21. The van der Waals surface area contributed by atoms with Crippen LogP contribution in [-0.2, 0) is 24.6 Å². The maximum absolute atomic E-state index is 15.6. The largest absolute Gasteiger partial charge is 0.503 e. The van der Waals surface area contributed by atoms with E-state index in [4.69, 9.17) is 44.3 Å². The Morgan fingerprint density at radius 3 is 2.15 bits per heavy atom. The van der Waals surface area contributed by atoms with E-state index in [-0.39, 0.29) is 51.9 Å². The molecular formula is C46H37Cl3N4O7. The summed E-state index contributed by atoms with van der Waals surface area (Å²) in [5.41, 5.74) is 5.39. The van der Waals surface area contributed by atoms with E-state index in [2.05, 4.69) is 10.7 Å². The topological polar surface area (TPSA) is 138 Å². The van der Waals surface area contributed by atoms with Crippen molar-refractivity contribution in [1.29, 1.82) is 0 Å². The van der Waals surface area contributed by atoms with E-state index in [9.17, 15) is 14.7 Å². The van der Waals surface area contributed by atoms with Crippen molar-refractivity contribution >= 4 is 81.2 Å². The first-order valence-electron chi connectivity index (χ1n) is 19.3. The summed E-state index contributed by atoms with van der Waals surface area (Å²) in [6, 6.07) is 31.5. The molecule has 0 radical (unpaired) electrons. The number of halogens is 3. The quantitative estimate of drug-likeness (QED) is 0.0978. The van der Waals surface area contributed by atoms with Gasteiger partial charge in [0.25, 0.3) is 11.8 Å². The molecule has 2 saturated heterocycles. The lowest BCUT2D eigenvalue weighted by Crippen LogP contribution is -2.53. The lowest BCUT2D eigenvalue weighted by Gasteiger charge is -2.50. The van der Waals surface area contributed by atoms with Crippen LogP contribution in [0.25, 0.3) is 0 Å². The summed E-state index contributed by atoms with van der Waals surface area (Å²) < 4.78 is 11.1. The van der Waals surface area contributed by atoms with Crippen LogP contribution in [0.1, 0.15) is 29.9 Å². The Labute approximate surface area is 360 Å². The molecule has 5 aromatic rings. The number of hydrazine groups is 1. The number of carbonyl (C=O) groups excluding carboxylic acids is 4. The van der Waals surface area contributed by atoms with Gasteiger partial charge >= 0.3 is 0 Å². The number of phenols is 1. The molecule has 4 aliphatic rings. The zero-order valence-electron chi connectivity index (χ0n) is 32.2. The predicted octanol–water partition coefficient (Wildman–Crippen LogP) is 9.30. The summed E-state index contributed by atoms with van der Waals surface area (Å²) in [7, 11) is 2.92. The van der Waals surface area contributed by atoms with Gasteiger partial charge in [-0.1, -0.05) is 76.8 Å². The summed E-state index contributed by atoms with van der Waals surface area (Å²) in [4.78, 5) is 61.1. The van der Waals surface area contributed by atoms with Crippen LogP contribution in [-0.4, -0.2) is 48.0 Å². The molecule has 6 atom stereocenters. The second-order valence-corrected chi connectivity index (χ2v) is 16.6. The number of para-hydroxylation sites is 1. The van der Waals surface area contributed by atoms with Crippen molar-refractivity contribution in [1.82, 2.24) is 5.01 Å². The van der Waals surface area contributed by atoms with Crippen molar-refractivity contribution in [3.8, 4) is 17.2 Å². The summed E-state index contributed by atoms with van der Waals surface area (Å²) in [5.74, 6) is -5.79. The number of rotatable bonds is 9. The number of benzene rings is 5. The third-order valence-electron chi connectivity index (χ3n) is 12.4. The van der Waals surface area contributed by atoms with Crippen LogP contribution >= 0.6 is 34.8 Å². The Morgan fingerprint density at radius 2 is 1.47 bits per heavy atom. The van der Waals surface area contributed by atoms with E-state index < -0.39 is 46.8 Å². The van der Waals surface area contributed by atoms with Gasteiger partial charge in [-0.3, -0.25) is 29.5 Å². The van der Waals surface area contributed by atoms with Gasteiger partial charge in [-0.2, -0.15) is 5.01 Å². The number of amides is 4. The Morgan fingerprint density at radius 1 is 0.750 bits per heavy atom. The lowest BCUT2D eigenvalue weighted by atomic mass is 9.49. The first-order chi connectivity index (χ1) is 29.0. The van der Waals surface area contributed by atoms with E-state index in [1.165, 1.54) is 25.2 Å². The molecule has 0 aromatic heterocycles. The molecule has 11 nitrogen and oxygen atoms in total. The molecule has 1 saturated carbocycles. The number of hydrogen-bond donors (Lipinski definition) is 3. The molecule has 14 heteroatoms. The first kappa shape index (κ1) is 39.5. The Balaban J connectivity index is 1.18. The number of aromatic hydroxyl groups is 1. The molecule has 9 rings (SSSR count). The molecule has 5 aromatic carbocycles. The van der Waals surface area contributed by atoms with Crippen LogP contribution in [0.3, 0.4) is 0 Å². The van der Waals surface area contributed by atoms with Crippen molar-refractivity contribution in [2.45, 2.75) is 24.2 Å². The number of anilines is 4. The van der Waals surface area contributed by atoms with Gasteiger partial charge in [0.15, 0.2) is 11.5 Å². The molecule has 2 aliphatic carbocycles. The van der Waals surface area contributed by atoms with Crippen molar-refractivity contribution in [3.63, 3.8) is 0 Å². The highest BCUT2D eigenvalue weighted by Gasteiger charge is 2.70. The van der Waals surface area contributed by atoms with E-state index in [1.54, 1.807) is 60.7 Å². The molecule has 304 valence electrons. The van der Waals surface area contributed by atoms with Gasteiger partial charge in [0.05, 0.1) is 58.8 Å². The van der Waals surface area contributed by atoms with Crippen molar-refractivity contribution in [2.75, 3.05) is 29.9 Å². The smallest absolute Gasteiger partial charge is 0.260 e. The molecule has 0 unspecified atom stereocenters. The highest BCUT2D eigenvalue weighted by Crippen LogP contribution is 2.65. The predicted molar refractivity (Wildman–Crippen MR) is 229 cm³/mol. The van der Waals surface area contributed by atoms with Crippen LogP contribution in [0, 0.1) is 23.7 Å². The van der Waals surface area contributed by atoms with Gasteiger partial charge in [0.1, 0.15) is 5.75 Å². The highest BCUT2D eigenvalue weighted by molar-refractivity contribution is 6.36. The average Bonchev–Trinajstić information content (AvgIpc) is 3.63. The molecule has 2 aliphatic heterocycles. The number of nitrogens with one attached hydrogen (secondary N) is 2. The molecule has 0 bridgehead atoms. The van der Waals surface area contributed by atoms with Crippen LogP contribution < -0.4 is 25.1 Å². The molecule has 60 heavy (non-hydrogen) atoms. The van der Waals surface area contributed by atoms with Crippen LogP contribution in [0.15, 0.2) is 121 Å². The fraction of sp³-hybridized carbons (Fsp3) is 0.217. The number of methoxy groups -OCH3 is 2. The van der Waals surface area contributed by atoms with Crippen LogP contribution in [0.4, 0.5) is 22.7 Å². The minimum atomic E-state index is -1.64. The second kappa shape index (κ2) is 15.2. The van der Waals surface area contributed by atoms with Crippen molar-refractivity contribution in [2.24, 2.45) is 23.7 Å². The van der Waals surface area contributed by atoms with E-state index in [0.717, 1.165) is 16.4 Å². The van der Waals surface area contributed by atoms with Crippen molar-refractivity contribution in [3.05, 3.63) is 147 Å². The Kier molecular flexibility index (Phi) is 10.0. The number of phenolic OH excluding ortho intramolecular Hbond substituents is 1. The SMILES string of the molecule is COc1ccc([C@@]23C(=O)N(Nc4ccc(Cl)cc4Cl)C(=O)[C@@H]2C[C@@H]2C(=CC[C@@H]4C(=O)N(c5ccc(Nc6ccccc6)cc5)C(=O)[C@@H]42)[C@@H]3c2cc(Cl)c(O)c(OC)c2)cc1. The Bertz CT molecular complexity index is 2610. The third-order valence-corrected chi connectivity index (χ3v) is 13.2. The van der Waals surface area contributed by atoms with Gasteiger partial charge in [-0.05, 0) is 109 Å². The summed E-state index contributed by atoms with van der Waals surface area (Å²) in [6.45, 7) is 0. The highest BCUT2D eigenvalue weighted by atomic mass is 35.5. The van der Waals surface area contributed by atoms with Crippen molar-refractivity contribution < 1.29 is 33.8 Å². The standard InChI is InChI=1S/C46H37Cl3N4O7/c1-59-30-15-8-25(9-16-30)46-34(43(56)53(45(46)58)51-37-19-10-26(47)22-35(37)48)23-33-31(40(46)24-20-36(49)41(54)38(21-24)60-2)17-18-32-39(33)44(57)52(42(32)55)29-13-11-28(12-14-29)50-27-6-4-3-5-7-27/h3-17,19-22,32-34,39-40,50-51,54H,18,23H2,1-2H3/t32-,33+,34-,39-,40-,46+/m0/s1. The van der Waals surface area contributed by atoms with Gasteiger partial charge < -0.3 is 19.9 Å². The number of hydrogen-bond acceptors (Lipinski definition) is 9. The summed E-state index contributed by atoms with van der Waals surface area (Å²) in [5, 5.41) is 15.7. The zero-order valence-corrected chi connectivity index (χ0v) is 34.5. The number of carbonyl (C=O) groups is 4. The number of nitrogens with zero attached hydrogens (tertiary/aromatic N) is 2. The fourth-order valence-corrected chi connectivity index (χ4v) is 10.4. The minimum Gasteiger partial charge on any atom is -0.503 e. The molecule has 2 heterocycles. The molecular weight excluding hydrogens is 827 g/mol. The van der Waals surface area contributed by atoms with E-state index >= 15 is 9.59 Å². The average molecular weight is 864 g/mol. The minimum absolute atomic E-state index is 0.0367. The number of imide groups is 2. The van der Waals surface area contributed by atoms with E-state index in [1.807, 2.05) is 48.5 Å². The van der Waals surface area contributed by atoms with Gasteiger partial charge in [-0.15, -0.1) is 0 Å². The third kappa shape index (κ3) is 6.17. The maximum atomic E-state index is 15.6. The van der Waals surface area contributed by atoms with Crippen LogP contribution in [0.2, 0.25) is 15.1 Å². The van der Waals surface area contributed by atoms with Crippen LogP contribution in [0.5, 0.6) is 17.2 Å². The molecule has 4 amide bonds. The summed E-state index contributed by atoms with van der Waals surface area (Å²) >= 11 is 19.5. The fourth-order valence-electron chi connectivity index (χ4n) is 9.77. The zero-order chi connectivity index (χ0) is 42.0. The van der Waals surface area contributed by atoms with Gasteiger partial charge in [0, 0.05) is 22.3 Å². The molecule has 3 fully saturated rings. The first-order valence-corrected chi connectivity index (χ1v) is 20.4. The molecule has 3 N–H and O–H groups in total. The maximum Gasteiger partial charge on any atom is 0.260 e. The number of fused-ring (bicyclic) bond motifs is 4. The monoisotopic (exact) mass is 862 g/mol. The second-order valence-electron chi connectivity index (χ2n) is 15.3. The van der Waals surface area contributed by atoms with E-state index in [0.29, 0.717) is 33.2 Å².